The van der Waals surface area contributed by atoms with Crippen LogP contribution in [0.15, 0.2) is 11.6 Å². The molecule has 0 radical (unpaired) electrons. The van der Waals surface area contributed by atoms with Gasteiger partial charge in [0.15, 0.2) is 12.4 Å². The minimum Gasteiger partial charge on any atom is -0.458 e. The number of allylic oxidation sites excluding steroid dienone is 1. The number of carbonyl (C=O) groups excluding carboxylic acids is 3. The monoisotopic (exact) mass is 404 g/mol. The standard InChI is InChI=1S/C23H32O6/c1-13(24)29-12-19(27)23(28)9-7-17-16-5-4-14-10-15(25)6-8-21(14,2)20(16)18(26)11-22(17,23)3/h10,16-18,20,26,28H,4-9,11-12H2,1-3H3/t16-,17-,18+,20+,21-,22-,23-/m1/s1. The molecule has 0 amide bonds. The van der Waals surface area contributed by atoms with E-state index < -0.39 is 35.5 Å². The van der Waals surface area contributed by atoms with Gasteiger partial charge in [0.1, 0.15) is 5.60 Å². The summed E-state index contributed by atoms with van der Waals surface area (Å²) in [5, 5.41) is 22.8. The minimum atomic E-state index is -1.58. The van der Waals surface area contributed by atoms with Crippen LogP contribution in [0.1, 0.15) is 65.7 Å². The summed E-state index contributed by atoms with van der Waals surface area (Å²) in [5.74, 6) is -0.462. The van der Waals surface area contributed by atoms with Crippen molar-refractivity contribution in [2.45, 2.75) is 77.4 Å². The topological polar surface area (TPSA) is 101 Å². The highest BCUT2D eigenvalue weighted by molar-refractivity contribution is 5.92. The summed E-state index contributed by atoms with van der Waals surface area (Å²) in [6.07, 6.45) is 5.54. The van der Waals surface area contributed by atoms with Crippen LogP contribution in [0.5, 0.6) is 0 Å². The maximum absolute atomic E-state index is 12.9. The van der Waals surface area contributed by atoms with Gasteiger partial charge in [-0.3, -0.25) is 14.4 Å². The van der Waals surface area contributed by atoms with E-state index in [0.717, 1.165) is 31.3 Å². The first kappa shape index (κ1) is 20.7. The zero-order chi connectivity index (χ0) is 21.2. The van der Waals surface area contributed by atoms with Crippen LogP contribution in [0.4, 0.5) is 0 Å². The zero-order valence-electron chi connectivity index (χ0n) is 17.6. The van der Waals surface area contributed by atoms with Crippen LogP contribution < -0.4 is 0 Å². The Morgan fingerprint density at radius 2 is 1.93 bits per heavy atom. The average molecular weight is 405 g/mol. The highest BCUT2D eigenvalue weighted by Crippen LogP contribution is 2.67. The fourth-order valence-electron chi connectivity index (χ4n) is 7.44. The number of hydrogen-bond acceptors (Lipinski definition) is 6. The molecule has 6 heteroatoms. The fourth-order valence-corrected chi connectivity index (χ4v) is 7.44. The lowest BCUT2D eigenvalue weighted by atomic mass is 9.45. The van der Waals surface area contributed by atoms with Crippen molar-refractivity contribution >= 4 is 17.5 Å². The summed E-state index contributed by atoms with van der Waals surface area (Å²) >= 11 is 0. The molecule has 3 saturated carbocycles. The second kappa shape index (κ2) is 6.74. The molecule has 0 aromatic heterocycles. The molecule has 2 N–H and O–H groups in total. The Labute approximate surface area is 171 Å². The SMILES string of the molecule is CC(=O)OCC(=O)[C@]1(O)CC[C@@H]2[C@H]3CCC4=CC(=O)CC[C@@]4(C)[C@@H]3[C@@H](O)C[C@]21C. The number of esters is 1. The smallest absolute Gasteiger partial charge is 0.303 e. The van der Waals surface area contributed by atoms with Gasteiger partial charge in [0, 0.05) is 18.8 Å². The molecule has 0 bridgehead atoms. The van der Waals surface area contributed by atoms with Crippen LogP contribution in [-0.4, -0.2) is 46.1 Å². The van der Waals surface area contributed by atoms with Gasteiger partial charge in [-0.25, -0.2) is 0 Å². The molecular formula is C23H32O6. The minimum absolute atomic E-state index is 0.0413. The molecule has 0 spiro atoms. The Morgan fingerprint density at radius 3 is 2.62 bits per heavy atom. The molecule has 4 aliphatic rings. The van der Waals surface area contributed by atoms with Crippen molar-refractivity contribution in [1.29, 1.82) is 0 Å². The van der Waals surface area contributed by atoms with E-state index in [-0.39, 0.29) is 29.0 Å². The van der Waals surface area contributed by atoms with Crippen LogP contribution in [-0.2, 0) is 19.1 Å². The highest BCUT2D eigenvalue weighted by atomic mass is 16.5. The van der Waals surface area contributed by atoms with Gasteiger partial charge in [0.25, 0.3) is 0 Å². The molecular weight excluding hydrogens is 372 g/mol. The number of aliphatic hydroxyl groups is 2. The molecule has 0 saturated heterocycles. The van der Waals surface area contributed by atoms with Crippen LogP contribution >= 0.6 is 0 Å². The van der Waals surface area contributed by atoms with Gasteiger partial charge >= 0.3 is 5.97 Å². The number of carbonyl (C=O) groups is 3. The van der Waals surface area contributed by atoms with E-state index in [0.29, 0.717) is 19.3 Å². The van der Waals surface area contributed by atoms with Gasteiger partial charge in [-0.05, 0) is 67.8 Å². The van der Waals surface area contributed by atoms with E-state index >= 15 is 0 Å². The fraction of sp³-hybridized carbons (Fsp3) is 0.783. The second-order valence-electron chi connectivity index (χ2n) is 10.2. The van der Waals surface area contributed by atoms with Gasteiger partial charge in [-0.1, -0.05) is 19.4 Å². The van der Waals surface area contributed by atoms with Crippen molar-refractivity contribution < 1.29 is 29.3 Å². The summed E-state index contributed by atoms with van der Waals surface area (Å²) in [6.45, 7) is 4.92. The molecule has 4 aliphatic carbocycles. The van der Waals surface area contributed by atoms with Gasteiger partial charge in [-0.15, -0.1) is 0 Å². The molecule has 6 nitrogen and oxygen atoms in total. The molecule has 0 aromatic rings. The summed E-state index contributed by atoms with van der Waals surface area (Å²) in [6, 6.07) is 0. The Bertz CT molecular complexity index is 786. The van der Waals surface area contributed by atoms with Crippen molar-refractivity contribution in [1.82, 2.24) is 0 Å². The number of rotatable bonds is 3. The van der Waals surface area contributed by atoms with Crippen molar-refractivity contribution in [2.24, 2.45) is 28.6 Å². The summed E-state index contributed by atoms with van der Waals surface area (Å²) in [7, 11) is 0. The summed E-state index contributed by atoms with van der Waals surface area (Å²) < 4.78 is 4.89. The van der Waals surface area contributed by atoms with Crippen LogP contribution in [0.2, 0.25) is 0 Å². The molecule has 0 heterocycles. The third kappa shape index (κ3) is 2.86. The van der Waals surface area contributed by atoms with E-state index in [1.54, 1.807) is 6.08 Å². The number of fused-ring (bicyclic) bond motifs is 5. The van der Waals surface area contributed by atoms with Crippen LogP contribution in [0, 0.1) is 28.6 Å². The van der Waals surface area contributed by atoms with Gasteiger partial charge < -0.3 is 14.9 Å². The molecule has 7 atom stereocenters. The van der Waals surface area contributed by atoms with E-state index in [1.807, 2.05) is 6.92 Å². The number of ether oxygens (including phenoxy) is 1. The van der Waals surface area contributed by atoms with Crippen molar-refractivity contribution in [3.8, 4) is 0 Å². The van der Waals surface area contributed by atoms with E-state index in [9.17, 15) is 24.6 Å². The molecule has 3 fully saturated rings. The summed E-state index contributed by atoms with van der Waals surface area (Å²) in [5.41, 5.74) is -1.36. The molecule has 160 valence electrons. The average Bonchev–Trinajstić information content (AvgIpc) is 2.91. The molecule has 4 rings (SSSR count). The maximum atomic E-state index is 12.9. The van der Waals surface area contributed by atoms with Crippen LogP contribution in [0.3, 0.4) is 0 Å². The number of ketones is 2. The van der Waals surface area contributed by atoms with Crippen molar-refractivity contribution in [3.05, 3.63) is 11.6 Å². The molecule has 0 unspecified atom stereocenters. The predicted octanol–water partition coefficient (Wildman–Crippen LogP) is 2.35. The Hall–Kier alpha value is -1.53. The number of hydrogen-bond donors (Lipinski definition) is 2. The van der Waals surface area contributed by atoms with Gasteiger partial charge in [0.2, 0.25) is 5.78 Å². The normalized spacial score (nSPS) is 46.2. The first-order chi connectivity index (χ1) is 13.5. The first-order valence-corrected chi connectivity index (χ1v) is 10.8. The quantitative estimate of drug-likeness (QED) is 0.701. The molecule has 0 aromatic carbocycles. The maximum Gasteiger partial charge on any atom is 0.303 e. The van der Waals surface area contributed by atoms with Gasteiger partial charge in [0.05, 0.1) is 6.10 Å². The predicted molar refractivity (Wildman–Crippen MR) is 105 cm³/mol. The van der Waals surface area contributed by atoms with E-state index in [2.05, 4.69) is 6.92 Å². The van der Waals surface area contributed by atoms with Crippen molar-refractivity contribution in [3.63, 3.8) is 0 Å². The van der Waals surface area contributed by atoms with Gasteiger partial charge in [-0.2, -0.15) is 0 Å². The molecule has 0 aliphatic heterocycles. The lowest BCUT2D eigenvalue weighted by Crippen LogP contribution is -2.62. The summed E-state index contributed by atoms with van der Waals surface area (Å²) in [4.78, 5) is 36.0. The largest absolute Gasteiger partial charge is 0.458 e. The van der Waals surface area contributed by atoms with Crippen molar-refractivity contribution in [2.75, 3.05) is 6.61 Å². The Morgan fingerprint density at radius 1 is 1.21 bits per heavy atom. The third-order valence-electron chi connectivity index (χ3n) is 8.92. The zero-order valence-corrected chi connectivity index (χ0v) is 17.6. The Balaban J connectivity index is 1.65. The lowest BCUT2D eigenvalue weighted by Gasteiger charge is -2.60. The van der Waals surface area contributed by atoms with E-state index in [4.69, 9.17) is 4.74 Å². The second-order valence-corrected chi connectivity index (χ2v) is 10.2. The lowest BCUT2D eigenvalue weighted by molar-refractivity contribution is -0.184. The third-order valence-corrected chi connectivity index (χ3v) is 8.92. The molecule has 29 heavy (non-hydrogen) atoms. The Kier molecular flexibility index (Phi) is 4.82. The van der Waals surface area contributed by atoms with E-state index in [1.165, 1.54) is 6.92 Å². The highest BCUT2D eigenvalue weighted by Gasteiger charge is 2.68. The van der Waals surface area contributed by atoms with Crippen LogP contribution in [0.25, 0.3) is 0 Å². The first-order valence-electron chi connectivity index (χ1n) is 10.8. The number of Topliss-reactive ketones (excluding diaryl/α,β-unsaturated/α-hetero) is 1. The number of aliphatic hydroxyl groups excluding tert-OH is 1.